The maximum absolute atomic E-state index is 13.2. The Kier molecular flexibility index (Phi) is 7.29. The van der Waals surface area contributed by atoms with Gasteiger partial charge in [-0.3, -0.25) is 9.59 Å². The van der Waals surface area contributed by atoms with Crippen molar-refractivity contribution < 1.29 is 18.7 Å². The number of rotatable bonds is 5. The molecule has 0 saturated carbocycles. The first kappa shape index (κ1) is 20.8. The fourth-order valence-electron chi connectivity index (χ4n) is 2.80. The number of hydrogen-bond acceptors (Lipinski definition) is 4. The fraction of sp³-hybridized carbons (Fsp3) is 0.263. The lowest BCUT2D eigenvalue weighted by atomic mass is 10.1. The second-order valence-corrected chi connectivity index (χ2v) is 6.09. The van der Waals surface area contributed by atoms with E-state index in [-0.39, 0.29) is 24.4 Å². The maximum Gasteiger partial charge on any atom is 0.255 e. The third kappa shape index (κ3) is 5.50. The van der Waals surface area contributed by atoms with Gasteiger partial charge >= 0.3 is 0 Å². The molecule has 1 heterocycles. The highest BCUT2D eigenvalue weighted by molar-refractivity contribution is 6.05. The molecular formula is C19H21ClFN3O3. The molecule has 1 fully saturated rings. The van der Waals surface area contributed by atoms with Crippen molar-refractivity contribution in [2.45, 2.75) is 25.0 Å². The highest BCUT2D eigenvalue weighted by Crippen LogP contribution is 2.21. The minimum Gasteiger partial charge on any atom is -0.364 e. The molecule has 0 spiro atoms. The topological polar surface area (TPSA) is 93.5 Å². The Hall–Kier alpha value is -2.48. The standard InChI is InChI=1S/C19H20FN3O3.ClH/c20-13-4-2-6-15(10-13)22-18(24)12-3-1-5-14(9-12)23-19(25)17-8-7-16(11-21)26-17;/h1-6,9-10,16-17H,7-8,11,21H2,(H,22,24)(H,23,25);1H/t16-,17+;/m1./s1. The van der Waals surface area contributed by atoms with E-state index in [0.717, 1.165) is 6.42 Å². The van der Waals surface area contributed by atoms with E-state index >= 15 is 0 Å². The van der Waals surface area contributed by atoms with E-state index in [1.165, 1.54) is 18.2 Å². The molecule has 4 N–H and O–H groups in total. The van der Waals surface area contributed by atoms with Crippen LogP contribution in [0.3, 0.4) is 0 Å². The number of hydrogen-bond donors (Lipinski definition) is 3. The Bertz CT molecular complexity index is 818. The summed E-state index contributed by atoms with van der Waals surface area (Å²) in [6.45, 7) is 0.388. The third-order valence-electron chi connectivity index (χ3n) is 4.14. The van der Waals surface area contributed by atoms with E-state index in [2.05, 4.69) is 10.6 Å². The molecule has 0 aromatic heterocycles. The molecule has 0 radical (unpaired) electrons. The summed E-state index contributed by atoms with van der Waals surface area (Å²) < 4.78 is 18.8. The molecular weight excluding hydrogens is 373 g/mol. The second kappa shape index (κ2) is 9.45. The van der Waals surface area contributed by atoms with Gasteiger partial charge in [-0.25, -0.2) is 4.39 Å². The number of nitrogens with two attached hydrogens (primary N) is 1. The third-order valence-corrected chi connectivity index (χ3v) is 4.14. The van der Waals surface area contributed by atoms with Crippen LogP contribution in [-0.2, 0) is 9.53 Å². The summed E-state index contributed by atoms with van der Waals surface area (Å²) in [7, 11) is 0. The van der Waals surface area contributed by atoms with E-state index in [0.29, 0.717) is 29.9 Å². The van der Waals surface area contributed by atoms with Gasteiger partial charge in [0.05, 0.1) is 6.10 Å². The van der Waals surface area contributed by atoms with Crippen molar-refractivity contribution in [1.29, 1.82) is 0 Å². The van der Waals surface area contributed by atoms with E-state index in [9.17, 15) is 14.0 Å². The molecule has 1 saturated heterocycles. The Morgan fingerprint density at radius 2 is 1.78 bits per heavy atom. The second-order valence-electron chi connectivity index (χ2n) is 6.09. The van der Waals surface area contributed by atoms with Crippen LogP contribution in [0.2, 0.25) is 0 Å². The summed E-state index contributed by atoms with van der Waals surface area (Å²) in [5.41, 5.74) is 6.74. The molecule has 2 aromatic carbocycles. The summed E-state index contributed by atoms with van der Waals surface area (Å²) in [5.74, 6) is -1.09. The fourth-order valence-corrected chi connectivity index (χ4v) is 2.80. The lowest BCUT2D eigenvalue weighted by molar-refractivity contribution is -0.126. The van der Waals surface area contributed by atoms with E-state index < -0.39 is 17.8 Å². The predicted octanol–water partition coefficient (Wildman–Crippen LogP) is 2.94. The summed E-state index contributed by atoms with van der Waals surface area (Å²) in [6.07, 6.45) is 0.750. The number of carbonyl (C=O) groups is 2. The molecule has 6 nitrogen and oxygen atoms in total. The first-order chi connectivity index (χ1) is 12.5. The summed E-state index contributed by atoms with van der Waals surface area (Å²) in [5, 5.41) is 5.37. The van der Waals surface area contributed by atoms with Crippen LogP contribution < -0.4 is 16.4 Å². The molecule has 0 unspecified atom stereocenters. The molecule has 3 rings (SSSR count). The van der Waals surface area contributed by atoms with Crippen molar-refractivity contribution in [3.8, 4) is 0 Å². The Labute approximate surface area is 162 Å². The van der Waals surface area contributed by atoms with Crippen molar-refractivity contribution in [1.82, 2.24) is 0 Å². The summed E-state index contributed by atoms with van der Waals surface area (Å²) in [6, 6.07) is 12.2. The van der Waals surface area contributed by atoms with Crippen LogP contribution >= 0.6 is 12.4 Å². The number of carbonyl (C=O) groups excluding carboxylic acids is 2. The van der Waals surface area contributed by atoms with Crippen LogP contribution in [0, 0.1) is 5.82 Å². The van der Waals surface area contributed by atoms with Crippen LogP contribution in [0.1, 0.15) is 23.2 Å². The number of ether oxygens (including phenoxy) is 1. The molecule has 2 aromatic rings. The van der Waals surface area contributed by atoms with E-state index in [4.69, 9.17) is 10.5 Å². The van der Waals surface area contributed by atoms with Gasteiger partial charge < -0.3 is 21.1 Å². The summed E-state index contributed by atoms with van der Waals surface area (Å²) in [4.78, 5) is 24.6. The molecule has 0 bridgehead atoms. The highest BCUT2D eigenvalue weighted by atomic mass is 35.5. The van der Waals surface area contributed by atoms with Gasteiger partial charge in [-0.1, -0.05) is 12.1 Å². The molecule has 1 aliphatic rings. The monoisotopic (exact) mass is 393 g/mol. The number of nitrogens with one attached hydrogen (secondary N) is 2. The number of amides is 2. The van der Waals surface area contributed by atoms with Gasteiger partial charge in [-0.05, 0) is 49.2 Å². The maximum atomic E-state index is 13.2. The van der Waals surface area contributed by atoms with Crippen LogP contribution in [0.4, 0.5) is 15.8 Å². The molecule has 2 atom stereocenters. The van der Waals surface area contributed by atoms with Gasteiger partial charge in [0.25, 0.3) is 11.8 Å². The van der Waals surface area contributed by atoms with Gasteiger partial charge in [-0.2, -0.15) is 0 Å². The van der Waals surface area contributed by atoms with Gasteiger partial charge in [0, 0.05) is 23.5 Å². The molecule has 27 heavy (non-hydrogen) atoms. The van der Waals surface area contributed by atoms with Gasteiger partial charge in [0.1, 0.15) is 11.9 Å². The van der Waals surface area contributed by atoms with E-state index in [1.54, 1.807) is 30.3 Å². The normalized spacial score (nSPS) is 18.4. The van der Waals surface area contributed by atoms with Crippen LogP contribution in [0.15, 0.2) is 48.5 Å². The highest BCUT2D eigenvalue weighted by Gasteiger charge is 2.29. The number of anilines is 2. The Balaban J connectivity index is 0.00000261. The molecule has 2 amide bonds. The van der Waals surface area contributed by atoms with Gasteiger partial charge in [0.15, 0.2) is 0 Å². The zero-order chi connectivity index (χ0) is 18.5. The van der Waals surface area contributed by atoms with Gasteiger partial charge in [0.2, 0.25) is 0 Å². The largest absolute Gasteiger partial charge is 0.364 e. The van der Waals surface area contributed by atoms with Gasteiger partial charge in [-0.15, -0.1) is 12.4 Å². The smallest absolute Gasteiger partial charge is 0.255 e. The van der Waals surface area contributed by atoms with Crippen LogP contribution in [0.25, 0.3) is 0 Å². The molecule has 144 valence electrons. The lowest BCUT2D eigenvalue weighted by Crippen LogP contribution is -2.29. The quantitative estimate of drug-likeness (QED) is 0.728. The van der Waals surface area contributed by atoms with Crippen molar-refractivity contribution in [2.75, 3.05) is 17.2 Å². The zero-order valence-corrected chi connectivity index (χ0v) is 15.3. The van der Waals surface area contributed by atoms with Crippen molar-refractivity contribution in [3.63, 3.8) is 0 Å². The first-order valence-corrected chi connectivity index (χ1v) is 8.38. The average Bonchev–Trinajstić information content (AvgIpc) is 3.11. The molecule has 1 aliphatic heterocycles. The minimum absolute atomic E-state index is 0. The lowest BCUT2D eigenvalue weighted by Gasteiger charge is -2.13. The number of benzene rings is 2. The minimum atomic E-state index is -0.534. The van der Waals surface area contributed by atoms with E-state index in [1.807, 2.05) is 0 Å². The zero-order valence-electron chi connectivity index (χ0n) is 14.5. The average molecular weight is 394 g/mol. The Morgan fingerprint density at radius 1 is 1.07 bits per heavy atom. The SMILES string of the molecule is Cl.NC[C@H]1CC[C@@H](C(=O)Nc2cccc(C(=O)Nc3cccc(F)c3)c2)O1. The summed E-state index contributed by atoms with van der Waals surface area (Å²) >= 11 is 0. The molecule has 8 heteroatoms. The number of halogens is 2. The molecule has 0 aliphatic carbocycles. The van der Waals surface area contributed by atoms with Crippen LogP contribution in [-0.4, -0.2) is 30.6 Å². The van der Waals surface area contributed by atoms with Crippen molar-refractivity contribution >= 4 is 35.6 Å². The Morgan fingerprint density at radius 3 is 2.44 bits per heavy atom. The first-order valence-electron chi connectivity index (χ1n) is 8.38. The predicted molar refractivity (Wildman–Crippen MR) is 104 cm³/mol. The van der Waals surface area contributed by atoms with Crippen molar-refractivity contribution in [3.05, 3.63) is 59.9 Å². The van der Waals surface area contributed by atoms with Crippen LogP contribution in [0.5, 0.6) is 0 Å². The van der Waals surface area contributed by atoms with Crippen molar-refractivity contribution in [2.24, 2.45) is 5.73 Å².